The van der Waals surface area contributed by atoms with Crippen molar-refractivity contribution in [3.8, 4) is 0 Å². The standard InChI is InChI=1S/C19H20O/c1-19(2,3)18-11-9-15(10-12-18)7-8-16-5-4-6-17(13-16)14-20/h4-14H,1-3H3/b8-7-. The van der Waals surface area contributed by atoms with Crippen LogP contribution in [0.4, 0.5) is 0 Å². The van der Waals surface area contributed by atoms with E-state index < -0.39 is 0 Å². The molecule has 0 atom stereocenters. The van der Waals surface area contributed by atoms with Crippen molar-refractivity contribution in [3.05, 3.63) is 70.8 Å². The second-order valence-electron chi connectivity index (χ2n) is 5.99. The molecule has 2 rings (SSSR count). The third-order valence-electron chi connectivity index (χ3n) is 3.29. The molecule has 0 heterocycles. The van der Waals surface area contributed by atoms with E-state index in [0.717, 1.165) is 17.4 Å². The van der Waals surface area contributed by atoms with Crippen LogP contribution in [-0.2, 0) is 5.41 Å². The fraction of sp³-hybridized carbons (Fsp3) is 0.211. The van der Waals surface area contributed by atoms with Crippen LogP contribution in [0.25, 0.3) is 12.2 Å². The number of benzene rings is 2. The highest BCUT2D eigenvalue weighted by atomic mass is 16.1. The van der Waals surface area contributed by atoms with Crippen molar-refractivity contribution >= 4 is 18.4 Å². The molecule has 102 valence electrons. The summed E-state index contributed by atoms with van der Waals surface area (Å²) in [5.74, 6) is 0. The highest BCUT2D eigenvalue weighted by Gasteiger charge is 2.12. The minimum Gasteiger partial charge on any atom is -0.298 e. The van der Waals surface area contributed by atoms with E-state index >= 15 is 0 Å². The molecule has 2 aromatic rings. The molecule has 1 heteroatoms. The van der Waals surface area contributed by atoms with Crippen molar-refractivity contribution < 1.29 is 4.79 Å². The topological polar surface area (TPSA) is 17.1 Å². The molecule has 0 N–H and O–H groups in total. The lowest BCUT2D eigenvalue weighted by Gasteiger charge is -2.18. The lowest BCUT2D eigenvalue weighted by Crippen LogP contribution is -2.10. The van der Waals surface area contributed by atoms with Crippen molar-refractivity contribution in [2.24, 2.45) is 0 Å². The molecule has 0 unspecified atom stereocenters. The molecular formula is C19H20O. The summed E-state index contributed by atoms with van der Waals surface area (Å²) >= 11 is 0. The van der Waals surface area contributed by atoms with E-state index in [0.29, 0.717) is 5.56 Å². The Morgan fingerprint density at radius 2 is 1.40 bits per heavy atom. The Balaban J connectivity index is 2.17. The Morgan fingerprint density at radius 3 is 2.00 bits per heavy atom. The van der Waals surface area contributed by atoms with E-state index in [1.807, 2.05) is 30.3 Å². The predicted molar refractivity (Wildman–Crippen MR) is 85.9 cm³/mol. The van der Waals surface area contributed by atoms with Gasteiger partial charge in [0.05, 0.1) is 0 Å². The Hall–Kier alpha value is -2.15. The fourth-order valence-corrected chi connectivity index (χ4v) is 2.02. The Bertz CT molecular complexity index is 613. The number of rotatable bonds is 3. The predicted octanol–water partition coefficient (Wildman–Crippen LogP) is 4.97. The molecule has 20 heavy (non-hydrogen) atoms. The van der Waals surface area contributed by atoms with Crippen molar-refractivity contribution in [1.82, 2.24) is 0 Å². The van der Waals surface area contributed by atoms with Gasteiger partial charge in [-0.05, 0) is 28.2 Å². The van der Waals surface area contributed by atoms with Crippen LogP contribution < -0.4 is 0 Å². The van der Waals surface area contributed by atoms with Gasteiger partial charge in [0.15, 0.2) is 0 Å². The van der Waals surface area contributed by atoms with Crippen LogP contribution >= 0.6 is 0 Å². The SMILES string of the molecule is CC(C)(C)c1ccc(/C=C\c2cccc(C=O)c2)cc1. The van der Waals surface area contributed by atoms with Crippen LogP contribution in [-0.4, -0.2) is 6.29 Å². The number of carbonyl (C=O) groups is 1. The zero-order valence-corrected chi connectivity index (χ0v) is 12.3. The van der Waals surface area contributed by atoms with Crippen molar-refractivity contribution in [3.63, 3.8) is 0 Å². The summed E-state index contributed by atoms with van der Waals surface area (Å²) in [6, 6.07) is 16.2. The number of hydrogen-bond donors (Lipinski definition) is 0. The molecule has 0 aliphatic carbocycles. The van der Waals surface area contributed by atoms with Crippen LogP contribution in [0.2, 0.25) is 0 Å². The monoisotopic (exact) mass is 264 g/mol. The minimum atomic E-state index is 0.181. The lowest BCUT2D eigenvalue weighted by atomic mass is 9.87. The number of carbonyl (C=O) groups excluding carboxylic acids is 1. The Morgan fingerprint density at radius 1 is 0.800 bits per heavy atom. The summed E-state index contributed by atoms with van der Waals surface area (Å²) in [4.78, 5) is 10.7. The van der Waals surface area contributed by atoms with Gasteiger partial charge >= 0.3 is 0 Å². The van der Waals surface area contributed by atoms with Gasteiger partial charge in [-0.1, -0.05) is 75.4 Å². The first kappa shape index (κ1) is 14.3. The van der Waals surface area contributed by atoms with Crippen LogP contribution in [0.5, 0.6) is 0 Å². The fourth-order valence-electron chi connectivity index (χ4n) is 2.02. The van der Waals surface area contributed by atoms with Crippen LogP contribution in [0.1, 0.15) is 47.8 Å². The average Bonchev–Trinajstić information content (AvgIpc) is 2.45. The van der Waals surface area contributed by atoms with Gasteiger partial charge in [0.2, 0.25) is 0 Å². The third-order valence-corrected chi connectivity index (χ3v) is 3.29. The van der Waals surface area contributed by atoms with Gasteiger partial charge in [-0.25, -0.2) is 0 Å². The zero-order valence-electron chi connectivity index (χ0n) is 12.3. The van der Waals surface area contributed by atoms with E-state index in [9.17, 15) is 4.79 Å². The van der Waals surface area contributed by atoms with Gasteiger partial charge in [-0.2, -0.15) is 0 Å². The largest absolute Gasteiger partial charge is 0.298 e. The van der Waals surface area contributed by atoms with Crippen LogP contribution in [0.15, 0.2) is 48.5 Å². The van der Waals surface area contributed by atoms with Crippen molar-refractivity contribution in [1.29, 1.82) is 0 Å². The van der Waals surface area contributed by atoms with Crippen LogP contribution in [0, 0.1) is 0 Å². The van der Waals surface area contributed by atoms with E-state index in [4.69, 9.17) is 0 Å². The summed E-state index contributed by atoms with van der Waals surface area (Å²) in [7, 11) is 0. The molecule has 0 radical (unpaired) electrons. The average molecular weight is 264 g/mol. The maximum Gasteiger partial charge on any atom is 0.150 e. The van der Waals surface area contributed by atoms with Crippen LogP contribution in [0.3, 0.4) is 0 Å². The number of aldehydes is 1. The molecule has 0 bridgehead atoms. The first-order valence-corrected chi connectivity index (χ1v) is 6.83. The highest BCUT2D eigenvalue weighted by molar-refractivity contribution is 5.78. The molecule has 0 aliphatic heterocycles. The summed E-state index contributed by atoms with van der Waals surface area (Å²) in [6.07, 6.45) is 4.96. The second-order valence-corrected chi connectivity index (χ2v) is 5.99. The Labute approximate surface area is 121 Å². The maximum absolute atomic E-state index is 10.7. The van der Waals surface area contributed by atoms with Gasteiger partial charge in [0.1, 0.15) is 6.29 Å². The summed E-state index contributed by atoms with van der Waals surface area (Å²) in [6.45, 7) is 6.63. The molecule has 0 aliphatic rings. The van der Waals surface area contributed by atoms with Gasteiger partial charge in [0.25, 0.3) is 0 Å². The highest BCUT2D eigenvalue weighted by Crippen LogP contribution is 2.22. The van der Waals surface area contributed by atoms with Gasteiger partial charge in [-0.15, -0.1) is 0 Å². The van der Waals surface area contributed by atoms with E-state index in [2.05, 4.69) is 51.1 Å². The van der Waals surface area contributed by atoms with Crippen molar-refractivity contribution in [2.45, 2.75) is 26.2 Å². The first-order chi connectivity index (χ1) is 9.49. The summed E-state index contributed by atoms with van der Waals surface area (Å²) < 4.78 is 0. The summed E-state index contributed by atoms with van der Waals surface area (Å²) in [5.41, 5.74) is 4.41. The molecule has 0 amide bonds. The number of hydrogen-bond acceptors (Lipinski definition) is 1. The van der Waals surface area contributed by atoms with E-state index in [1.54, 1.807) is 0 Å². The minimum absolute atomic E-state index is 0.181. The van der Waals surface area contributed by atoms with Crippen molar-refractivity contribution in [2.75, 3.05) is 0 Å². The van der Waals surface area contributed by atoms with E-state index in [1.165, 1.54) is 5.56 Å². The van der Waals surface area contributed by atoms with Gasteiger partial charge < -0.3 is 0 Å². The Kier molecular flexibility index (Phi) is 4.19. The summed E-state index contributed by atoms with van der Waals surface area (Å²) in [5, 5.41) is 0. The molecule has 2 aromatic carbocycles. The molecule has 0 aromatic heterocycles. The third kappa shape index (κ3) is 3.67. The maximum atomic E-state index is 10.7. The quantitative estimate of drug-likeness (QED) is 0.565. The smallest absolute Gasteiger partial charge is 0.150 e. The van der Waals surface area contributed by atoms with Gasteiger partial charge in [-0.3, -0.25) is 4.79 Å². The molecule has 0 saturated carbocycles. The van der Waals surface area contributed by atoms with E-state index in [-0.39, 0.29) is 5.41 Å². The molecule has 0 fully saturated rings. The molecule has 1 nitrogen and oxygen atoms in total. The molecule has 0 spiro atoms. The van der Waals surface area contributed by atoms with Gasteiger partial charge in [0, 0.05) is 5.56 Å². The molecule has 0 saturated heterocycles. The zero-order chi connectivity index (χ0) is 14.6. The normalized spacial score (nSPS) is 11.8. The second kappa shape index (κ2) is 5.87. The first-order valence-electron chi connectivity index (χ1n) is 6.83. The molecular weight excluding hydrogens is 244 g/mol. The lowest BCUT2D eigenvalue weighted by molar-refractivity contribution is 0.112.